The lowest BCUT2D eigenvalue weighted by Gasteiger charge is -2.35. The maximum atomic E-state index is 12.6. The molecule has 2 fully saturated rings. The van der Waals surface area contributed by atoms with Crippen molar-refractivity contribution >= 4 is 23.3 Å². The van der Waals surface area contributed by atoms with Gasteiger partial charge in [0.1, 0.15) is 0 Å². The highest BCUT2D eigenvalue weighted by molar-refractivity contribution is 6.30. The summed E-state index contributed by atoms with van der Waals surface area (Å²) in [7, 11) is 0. The van der Waals surface area contributed by atoms with Crippen molar-refractivity contribution in [1.82, 2.24) is 15.1 Å². The highest BCUT2D eigenvalue weighted by atomic mass is 35.5. The highest BCUT2D eigenvalue weighted by Crippen LogP contribution is 2.28. The second-order valence-corrected chi connectivity index (χ2v) is 8.16. The van der Waals surface area contributed by atoms with Crippen LogP contribution in [0.25, 0.3) is 11.3 Å². The molecule has 1 aromatic carbocycles. The van der Waals surface area contributed by atoms with Gasteiger partial charge in [-0.15, -0.1) is 0 Å². The van der Waals surface area contributed by atoms with Crippen molar-refractivity contribution in [2.24, 2.45) is 5.92 Å². The molecule has 4 rings (SSSR count). The average molecular weight is 387 g/mol. The maximum absolute atomic E-state index is 12.6. The van der Waals surface area contributed by atoms with E-state index in [0.29, 0.717) is 11.8 Å². The number of nitrogens with zero attached hydrogens (tertiary/aromatic N) is 3. The van der Waals surface area contributed by atoms with Crippen LogP contribution < -0.4 is 4.90 Å². The number of amides is 1. The molecule has 1 aliphatic carbocycles. The number of rotatable bonds is 4. The van der Waals surface area contributed by atoms with Crippen LogP contribution in [0, 0.1) is 5.92 Å². The van der Waals surface area contributed by atoms with E-state index >= 15 is 0 Å². The first-order valence-corrected chi connectivity index (χ1v) is 10.4. The molecule has 5 nitrogen and oxygen atoms in total. The Morgan fingerprint density at radius 1 is 1.07 bits per heavy atom. The van der Waals surface area contributed by atoms with Crippen molar-refractivity contribution in [3.63, 3.8) is 0 Å². The zero-order valence-corrected chi connectivity index (χ0v) is 16.4. The minimum atomic E-state index is 0.338. The Kier molecular flexibility index (Phi) is 5.67. The molecule has 0 radical (unpaired) electrons. The number of aromatic amines is 1. The first-order chi connectivity index (χ1) is 13.2. The van der Waals surface area contributed by atoms with Crippen molar-refractivity contribution in [3.8, 4) is 11.3 Å². The second-order valence-electron chi connectivity index (χ2n) is 7.72. The standard InChI is InChI=1S/C21H27ClN4O/c22-18-8-6-17(7-9-18)19-15-20(24-23-19)25-10-12-26(13-11-25)21(27)14-16-4-2-1-3-5-16/h6-9,15-16H,1-5,10-14H2,(H,23,24). The van der Waals surface area contributed by atoms with Gasteiger partial charge in [-0.2, -0.15) is 5.10 Å². The average Bonchev–Trinajstić information content (AvgIpc) is 3.20. The second kappa shape index (κ2) is 8.34. The number of nitrogens with one attached hydrogen (secondary N) is 1. The molecular formula is C21H27ClN4O. The Bertz CT molecular complexity index is 759. The van der Waals surface area contributed by atoms with E-state index in [1.165, 1.54) is 32.1 Å². The number of anilines is 1. The largest absolute Gasteiger partial charge is 0.352 e. The summed E-state index contributed by atoms with van der Waals surface area (Å²) in [6.07, 6.45) is 7.12. The fourth-order valence-electron chi connectivity index (χ4n) is 4.20. The molecule has 1 aromatic heterocycles. The van der Waals surface area contributed by atoms with Crippen LogP contribution in [0.5, 0.6) is 0 Å². The Hall–Kier alpha value is -2.01. The van der Waals surface area contributed by atoms with Crippen molar-refractivity contribution in [2.75, 3.05) is 31.1 Å². The molecule has 1 saturated carbocycles. The lowest BCUT2D eigenvalue weighted by molar-refractivity contribution is -0.132. The minimum absolute atomic E-state index is 0.338. The molecule has 0 spiro atoms. The van der Waals surface area contributed by atoms with Crippen LogP contribution >= 0.6 is 11.6 Å². The van der Waals surface area contributed by atoms with E-state index < -0.39 is 0 Å². The third-order valence-electron chi connectivity index (χ3n) is 5.86. The van der Waals surface area contributed by atoms with Crippen LogP contribution in [0.2, 0.25) is 5.02 Å². The number of carbonyl (C=O) groups is 1. The molecule has 2 aliphatic rings. The molecule has 0 atom stereocenters. The summed E-state index contributed by atoms with van der Waals surface area (Å²) in [6.45, 7) is 3.24. The zero-order chi connectivity index (χ0) is 18.6. The number of halogens is 1. The Morgan fingerprint density at radius 2 is 1.78 bits per heavy atom. The van der Waals surface area contributed by atoms with Gasteiger partial charge in [-0.3, -0.25) is 9.89 Å². The van der Waals surface area contributed by atoms with Crippen LogP contribution in [0.1, 0.15) is 38.5 Å². The van der Waals surface area contributed by atoms with E-state index in [4.69, 9.17) is 11.6 Å². The quantitative estimate of drug-likeness (QED) is 0.849. The molecule has 27 heavy (non-hydrogen) atoms. The SMILES string of the molecule is O=C(CC1CCCCC1)N1CCN(c2cc(-c3ccc(Cl)cc3)[nH]n2)CC1. The van der Waals surface area contributed by atoms with Gasteiger partial charge >= 0.3 is 0 Å². The van der Waals surface area contributed by atoms with Crippen LogP contribution in [0.4, 0.5) is 5.82 Å². The highest BCUT2D eigenvalue weighted by Gasteiger charge is 2.25. The molecule has 1 amide bonds. The van der Waals surface area contributed by atoms with Crippen molar-refractivity contribution in [3.05, 3.63) is 35.4 Å². The monoisotopic (exact) mass is 386 g/mol. The molecule has 1 aliphatic heterocycles. The smallest absolute Gasteiger partial charge is 0.222 e. The van der Waals surface area contributed by atoms with E-state index in [1.54, 1.807) is 0 Å². The van der Waals surface area contributed by atoms with E-state index in [1.807, 2.05) is 29.2 Å². The normalized spacial score (nSPS) is 18.7. The number of piperazine rings is 1. The van der Waals surface area contributed by atoms with Gasteiger partial charge in [0.25, 0.3) is 0 Å². The Morgan fingerprint density at radius 3 is 2.48 bits per heavy atom. The molecule has 2 heterocycles. The third-order valence-corrected chi connectivity index (χ3v) is 6.12. The summed E-state index contributed by atoms with van der Waals surface area (Å²) in [5.74, 6) is 1.89. The molecule has 1 N–H and O–H groups in total. The first kappa shape index (κ1) is 18.4. The molecule has 6 heteroatoms. The van der Waals surface area contributed by atoms with Crippen LogP contribution in [0.3, 0.4) is 0 Å². The fraction of sp³-hybridized carbons (Fsp3) is 0.524. The topological polar surface area (TPSA) is 52.2 Å². The van der Waals surface area contributed by atoms with Gasteiger partial charge in [-0.1, -0.05) is 43.0 Å². The summed E-state index contributed by atoms with van der Waals surface area (Å²) in [5.41, 5.74) is 2.05. The summed E-state index contributed by atoms with van der Waals surface area (Å²) in [5, 5.41) is 8.31. The van der Waals surface area contributed by atoms with E-state index in [2.05, 4.69) is 21.2 Å². The summed E-state index contributed by atoms with van der Waals surface area (Å²) in [4.78, 5) is 16.9. The van der Waals surface area contributed by atoms with Crippen molar-refractivity contribution in [2.45, 2.75) is 38.5 Å². The zero-order valence-electron chi connectivity index (χ0n) is 15.7. The van der Waals surface area contributed by atoms with Gasteiger partial charge < -0.3 is 9.80 Å². The van der Waals surface area contributed by atoms with E-state index in [0.717, 1.165) is 54.7 Å². The third kappa shape index (κ3) is 4.46. The number of aromatic nitrogens is 2. The fourth-order valence-corrected chi connectivity index (χ4v) is 4.33. The Balaban J connectivity index is 1.31. The number of hydrogen-bond acceptors (Lipinski definition) is 3. The Labute approximate surface area is 165 Å². The summed E-state index contributed by atoms with van der Waals surface area (Å²) < 4.78 is 0. The summed E-state index contributed by atoms with van der Waals surface area (Å²) >= 11 is 5.96. The van der Waals surface area contributed by atoms with Gasteiger partial charge in [-0.25, -0.2) is 0 Å². The molecule has 2 aromatic rings. The lowest BCUT2D eigenvalue weighted by Crippen LogP contribution is -2.49. The number of benzene rings is 1. The van der Waals surface area contributed by atoms with Crippen LogP contribution in [-0.2, 0) is 4.79 Å². The first-order valence-electron chi connectivity index (χ1n) is 10.0. The van der Waals surface area contributed by atoms with Crippen LogP contribution in [-0.4, -0.2) is 47.2 Å². The number of H-pyrrole nitrogens is 1. The number of carbonyl (C=O) groups excluding carboxylic acids is 1. The van der Waals surface area contributed by atoms with Gasteiger partial charge in [0.15, 0.2) is 5.82 Å². The van der Waals surface area contributed by atoms with Gasteiger partial charge in [0.2, 0.25) is 5.91 Å². The van der Waals surface area contributed by atoms with Gasteiger partial charge in [0.05, 0.1) is 5.69 Å². The molecule has 1 saturated heterocycles. The van der Waals surface area contributed by atoms with Gasteiger partial charge in [-0.05, 0) is 36.5 Å². The predicted octanol–water partition coefficient (Wildman–Crippen LogP) is 4.35. The van der Waals surface area contributed by atoms with Crippen molar-refractivity contribution < 1.29 is 4.79 Å². The maximum Gasteiger partial charge on any atom is 0.222 e. The predicted molar refractivity (Wildman–Crippen MR) is 109 cm³/mol. The lowest BCUT2D eigenvalue weighted by atomic mass is 9.86. The minimum Gasteiger partial charge on any atom is -0.352 e. The molecule has 0 unspecified atom stereocenters. The van der Waals surface area contributed by atoms with Crippen molar-refractivity contribution in [1.29, 1.82) is 0 Å². The van der Waals surface area contributed by atoms with E-state index in [9.17, 15) is 4.79 Å². The molecule has 0 bridgehead atoms. The molecular weight excluding hydrogens is 360 g/mol. The van der Waals surface area contributed by atoms with Gasteiger partial charge in [0, 0.05) is 43.7 Å². The molecule has 144 valence electrons. The van der Waals surface area contributed by atoms with E-state index in [-0.39, 0.29) is 0 Å². The number of hydrogen-bond donors (Lipinski definition) is 1. The summed E-state index contributed by atoms with van der Waals surface area (Å²) in [6, 6.07) is 9.81. The van der Waals surface area contributed by atoms with Crippen LogP contribution in [0.15, 0.2) is 30.3 Å².